The van der Waals surface area contributed by atoms with Gasteiger partial charge in [0.2, 0.25) is 10.0 Å². The van der Waals surface area contributed by atoms with Crippen LogP contribution in [0.4, 0.5) is 5.82 Å². The van der Waals surface area contributed by atoms with Crippen molar-refractivity contribution in [2.75, 3.05) is 4.72 Å². The molecule has 1 saturated carbocycles. The van der Waals surface area contributed by atoms with Gasteiger partial charge in [0.15, 0.2) is 11.6 Å². The Kier molecular flexibility index (Phi) is 3.24. The van der Waals surface area contributed by atoms with Gasteiger partial charge in [-0.25, -0.2) is 13.4 Å². The molecule has 0 radical (unpaired) electrons. The topological polar surface area (TPSA) is 79.3 Å². The van der Waals surface area contributed by atoms with Crippen LogP contribution < -0.4 is 4.72 Å². The number of rotatable bonds is 3. The predicted octanol–water partition coefficient (Wildman–Crippen LogP) is 1.78. The van der Waals surface area contributed by atoms with Gasteiger partial charge in [0, 0.05) is 5.69 Å². The molecule has 17 heavy (non-hydrogen) atoms. The summed E-state index contributed by atoms with van der Waals surface area (Å²) in [5.41, 5.74) is 0.659. The molecule has 0 aliphatic heterocycles. The first-order valence-corrected chi connectivity index (χ1v) is 7.22. The molecule has 2 N–H and O–H groups in total. The Morgan fingerprint density at radius 3 is 2.65 bits per heavy atom. The Bertz CT molecular complexity index is 507. The summed E-state index contributed by atoms with van der Waals surface area (Å²) in [4.78, 5) is 3.99. The number of anilines is 1. The van der Waals surface area contributed by atoms with Crippen LogP contribution >= 0.6 is 0 Å². The van der Waals surface area contributed by atoms with Gasteiger partial charge in [0.05, 0.1) is 5.25 Å². The number of nitrogens with one attached hydrogen (secondary N) is 1. The van der Waals surface area contributed by atoms with Gasteiger partial charge in [-0.2, -0.15) is 0 Å². The summed E-state index contributed by atoms with van der Waals surface area (Å²) < 4.78 is 26.4. The van der Waals surface area contributed by atoms with Crippen molar-refractivity contribution >= 4 is 15.8 Å². The normalized spacial score (nSPS) is 17.2. The van der Waals surface area contributed by atoms with E-state index in [2.05, 4.69) is 9.71 Å². The van der Waals surface area contributed by atoms with Crippen molar-refractivity contribution in [1.29, 1.82) is 0 Å². The van der Waals surface area contributed by atoms with Crippen LogP contribution in [0.15, 0.2) is 12.1 Å². The lowest BCUT2D eigenvalue weighted by Gasteiger charge is -2.13. The summed E-state index contributed by atoms with van der Waals surface area (Å²) in [6.07, 6.45) is 3.25. The van der Waals surface area contributed by atoms with Gasteiger partial charge in [-0.05, 0) is 31.9 Å². The Labute approximate surface area is 101 Å². The van der Waals surface area contributed by atoms with E-state index in [4.69, 9.17) is 0 Å². The smallest absolute Gasteiger partial charge is 0.236 e. The molecule has 1 fully saturated rings. The van der Waals surface area contributed by atoms with Crippen LogP contribution in [-0.2, 0) is 10.0 Å². The van der Waals surface area contributed by atoms with Crippen molar-refractivity contribution in [3.05, 3.63) is 17.8 Å². The fraction of sp³-hybridized carbons (Fsp3) is 0.545. The number of hydrogen-bond acceptors (Lipinski definition) is 4. The first-order valence-electron chi connectivity index (χ1n) is 5.67. The van der Waals surface area contributed by atoms with Gasteiger partial charge in [-0.3, -0.25) is 4.72 Å². The number of pyridine rings is 1. The lowest BCUT2D eigenvalue weighted by atomic mass is 10.3. The van der Waals surface area contributed by atoms with Crippen molar-refractivity contribution in [1.82, 2.24) is 4.98 Å². The zero-order valence-electron chi connectivity index (χ0n) is 9.68. The molecule has 0 aromatic carbocycles. The van der Waals surface area contributed by atoms with Crippen molar-refractivity contribution in [2.24, 2.45) is 0 Å². The van der Waals surface area contributed by atoms with E-state index >= 15 is 0 Å². The first kappa shape index (κ1) is 12.2. The van der Waals surface area contributed by atoms with E-state index in [-0.39, 0.29) is 16.8 Å². The molecule has 0 atom stereocenters. The molecule has 0 bridgehead atoms. The summed E-state index contributed by atoms with van der Waals surface area (Å²) >= 11 is 0. The maximum atomic E-state index is 12.0. The largest absolute Gasteiger partial charge is 0.504 e. The highest BCUT2D eigenvalue weighted by Crippen LogP contribution is 2.28. The van der Waals surface area contributed by atoms with E-state index in [0.717, 1.165) is 12.8 Å². The summed E-state index contributed by atoms with van der Waals surface area (Å²) in [7, 11) is -3.42. The van der Waals surface area contributed by atoms with Crippen LogP contribution in [0.5, 0.6) is 5.75 Å². The van der Waals surface area contributed by atoms with Gasteiger partial charge >= 0.3 is 0 Å². The van der Waals surface area contributed by atoms with E-state index in [1.54, 1.807) is 13.0 Å². The monoisotopic (exact) mass is 256 g/mol. The average molecular weight is 256 g/mol. The highest BCUT2D eigenvalue weighted by atomic mass is 32.2. The minimum atomic E-state index is -3.42. The fourth-order valence-corrected chi connectivity index (χ4v) is 3.58. The lowest BCUT2D eigenvalue weighted by molar-refractivity contribution is 0.475. The van der Waals surface area contributed by atoms with Crippen LogP contribution in [0.3, 0.4) is 0 Å². The second-order valence-corrected chi connectivity index (χ2v) is 6.33. The van der Waals surface area contributed by atoms with Gasteiger partial charge in [0.25, 0.3) is 0 Å². The number of nitrogens with zero attached hydrogens (tertiary/aromatic N) is 1. The van der Waals surface area contributed by atoms with E-state index in [1.807, 2.05) is 0 Å². The van der Waals surface area contributed by atoms with Gasteiger partial charge < -0.3 is 5.11 Å². The summed E-state index contributed by atoms with van der Waals surface area (Å²) in [5, 5.41) is 9.19. The van der Waals surface area contributed by atoms with Gasteiger partial charge in [-0.15, -0.1) is 0 Å². The number of aromatic hydroxyl groups is 1. The Morgan fingerprint density at radius 1 is 1.35 bits per heavy atom. The van der Waals surface area contributed by atoms with Crippen LogP contribution in [-0.4, -0.2) is 23.8 Å². The van der Waals surface area contributed by atoms with Gasteiger partial charge in [-0.1, -0.05) is 12.8 Å². The lowest BCUT2D eigenvalue weighted by Crippen LogP contribution is -2.25. The minimum Gasteiger partial charge on any atom is -0.504 e. The van der Waals surface area contributed by atoms with Crippen LogP contribution in [0.1, 0.15) is 31.4 Å². The second-order valence-electron chi connectivity index (χ2n) is 4.37. The summed E-state index contributed by atoms with van der Waals surface area (Å²) in [5.74, 6) is -0.117. The number of aryl methyl sites for hydroxylation is 1. The van der Waals surface area contributed by atoms with E-state index in [0.29, 0.717) is 18.5 Å². The maximum Gasteiger partial charge on any atom is 0.236 e. The van der Waals surface area contributed by atoms with Crippen LogP contribution in [0.25, 0.3) is 0 Å². The molecule has 1 aromatic heterocycles. The number of hydrogen-bond donors (Lipinski definition) is 2. The molecule has 0 spiro atoms. The van der Waals surface area contributed by atoms with Crippen molar-refractivity contribution < 1.29 is 13.5 Å². The molecule has 1 aromatic rings. The quantitative estimate of drug-likeness (QED) is 0.864. The van der Waals surface area contributed by atoms with Crippen molar-refractivity contribution in [3.63, 3.8) is 0 Å². The fourth-order valence-electron chi connectivity index (χ4n) is 2.04. The zero-order valence-corrected chi connectivity index (χ0v) is 10.5. The average Bonchev–Trinajstić information content (AvgIpc) is 2.77. The van der Waals surface area contributed by atoms with Crippen LogP contribution in [0, 0.1) is 6.92 Å². The van der Waals surface area contributed by atoms with Gasteiger partial charge in [0.1, 0.15) is 0 Å². The highest BCUT2D eigenvalue weighted by molar-refractivity contribution is 7.93. The maximum absolute atomic E-state index is 12.0. The molecule has 1 aliphatic carbocycles. The molecule has 5 nitrogen and oxygen atoms in total. The predicted molar refractivity (Wildman–Crippen MR) is 65.4 cm³/mol. The van der Waals surface area contributed by atoms with Crippen molar-refractivity contribution in [2.45, 2.75) is 37.9 Å². The molecular formula is C11H16N2O3S. The number of aromatic nitrogens is 1. The van der Waals surface area contributed by atoms with E-state index in [9.17, 15) is 13.5 Å². The Morgan fingerprint density at radius 2 is 2.00 bits per heavy atom. The molecular weight excluding hydrogens is 240 g/mol. The Hall–Kier alpha value is -1.30. The van der Waals surface area contributed by atoms with E-state index in [1.165, 1.54) is 6.07 Å². The number of sulfonamides is 1. The summed E-state index contributed by atoms with van der Waals surface area (Å²) in [6.45, 7) is 1.74. The van der Waals surface area contributed by atoms with Crippen LogP contribution in [0.2, 0.25) is 0 Å². The second kappa shape index (κ2) is 4.52. The molecule has 0 unspecified atom stereocenters. The molecule has 1 heterocycles. The third-order valence-corrected chi connectivity index (χ3v) is 4.82. The molecule has 94 valence electrons. The molecule has 0 saturated heterocycles. The third-order valence-electron chi connectivity index (χ3n) is 2.99. The molecule has 2 rings (SSSR count). The highest BCUT2D eigenvalue weighted by Gasteiger charge is 2.29. The SMILES string of the molecule is Cc1ccc(O)c(NS(=O)(=O)C2CCCC2)n1. The van der Waals surface area contributed by atoms with Crippen molar-refractivity contribution in [3.8, 4) is 5.75 Å². The standard InChI is InChI=1S/C11H16N2O3S/c1-8-6-7-10(14)11(12-8)13-17(15,16)9-4-2-3-5-9/h6-7,9,14H,2-5H2,1H3,(H,12,13). The first-order chi connectivity index (χ1) is 7.99. The van der Waals surface area contributed by atoms with E-state index < -0.39 is 10.0 Å². The third kappa shape index (κ3) is 2.69. The summed E-state index contributed by atoms with van der Waals surface area (Å²) in [6, 6.07) is 3.07. The zero-order chi connectivity index (χ0) is 12.5. The molecule has 1 aliphatic rings. The Balaban J connectivity index is 2.22. The molecule has 6 heteroatoms. The molecule has 0 amide bonds. The minimum absolute atomic E-state index is 0.0249.